The van der Waals surface area contributed by atoms with Gasteiger partial charge in [-0.2, -0.15) is 10.2 Å². The van der Waals surface area contributed by atoms with Gasteiger partial charge in [-0.15, -0.1) is 0 Å². The molecule has 0 atom stereocenters. The molecule has 0 saturated carbocycles. The molecule has 0 bridgehead atoms. The van der Waals surface area contributed by atoms with E-state index < -0.39 is 11.5 Å². The van der Waals surface area contributed by atoms with Crippen LogP contribution in [0.4, 0.5) is 5.69 Å². The third-order valence-corrected chi connectivity index (χ3v) is 5.64. The summed E-state index contributed by atoms with van der Waals surface area (Å²) in [6.07, 6.45) is 2.75. The van der Waals surface area contributed by atoms with Crippen molar-refractivity contribution in [3.8, 4) is 17.7 Å². The van der Waals surface area contributed by atoms with Crippen LogP contribution in [0.15, 0.2) is 83.3 Å². The molecule has 1 amide bonds. The minimum absolute atomic E-state index is 0.0157. The van der Waals surface area contributed by atoms with Gasteiger partial charge in [0.25, 0.3) is 11.5 Å². The Kier molecular flexibility index (Phi) is 6.91. The largest absolute Gasteiger partial charge is 0.438 e. The quantitative estimate of drug-likeness (QED) is 0.269. The van der Waals surface area contributed by atoms with Gasteiger partial charge in [-0.3, -0.25) is 14.0 Å². The van der Waals surface area contributed by atoms with Gasteiger partial charge in [0, 0.05) is 16.9 Å². The Morgan fingerprint density at radius 3 is 2.53 bits per heavy atom. The van der Waals surface area contributed by atoms with Gasteiger partial charge in [0.15, 0.2) is 0 Å². The van der Waals surface area contributed by atoms with Crippen molar-refractivity contribution >= 4 is 34.9 Å². The van der Waals surface area contributed by atoms with Crippen LogP contribution in [-0.4, -0.2) is 15.3 Å². The number of ether oxygens (including phenoxy) is 1. The minimum atomic E-state index is -0.696. The number of anilines is 1. The lowest BCUT2D eigenvalue weighted by Gasteiger charge is -2.19. The first kappa shape index (κ1) is 24.7. The third kappa shape index (κ3) is 5.45. The van der Waals surface area contributed by atoms with Crippen LogP contribution in [0.1, 0.15) is 31.9 Å². The number of pyridine rings is 1. The summed E-state index contributed by atoms with van der Waals surface area (Å²) in [5.74, 6) is -0.248. The van der Waals surface area contributed by atoms with Crippen LogP contribution in [0.5, 0.6) is 11.6 Å². The van der Waals surface area contributed by atoms with E-state index in [4.69, 9.17) is 16.3 Å². The molecule has 2 aromatic heterocycles. The molecule has 4 rings (SSSR count). The number of nitrogens with one attached hydrogen (secondary N) is 1. The van der Waals surface area contributed by atoms with Crippen LogP contribution in [0.3, 0.4) is 0 Å². The normalized spacial score (nSPS) is 11.7. The lowest BCUT2D eigenvalue weighted by molar-refractivity contribution is -0.112. The van der Waals surface area contributed by atoms with Gasteiger partial charge in [0.05, 0.1) is 0 Å². The highest BCUT2D eigenvalue weighted by atomic mass is 35.5. The Hall–Kier alpha value is -4.41. The number of fused-ring (bicyclic) bond motifs is 1. The fourth-order valence-corrected chi connectivity index (χ4v) is 3.67. The molecule has 1 N–H and O–H groups in total. The van der Waals surface area contributed by atoms with E-state index in [9.17, 15) is 14.9 Å². The average Bonchev–Trinajstić information content (AvgIpc) is 2.84. The van der Waals surface area contributed by atoms with Gasteiger partial charge in [0.1, 0.15) is 28.6 Å². The standard InChI is InChI=1S/C28H23ClN4O3/c1-28(2,3)19-10-12-22(13-11-19)36-26-23(27(35)33-14-5-4-9-24(33)32-26)15-18(17-30)25(34)31-21-8-6-7-20(29)16-21/h4-16H,1-3H3,(H,31,34). The predicted molar refractivity (Wildman–Crippen MR) is 140 cm³/mol. The second-order valence-corrected chi connectivity index (χ2v) is 9.51. The fraction of sp³-hybridized carbons (Fsp3) is 0.143. The number of nitrogens with zero attached hydrogens (tertiary/aromatic N) is 3. The summed E-state index contributed by atoms with van der Waals surface area (Å²) in [4.78, 5) is 30.6. The molecule has 0 saturated heterocycles. The van der Waals surface area contributed by atoms with Crippen LogP contribution in [0, 0.1) is 11.3 Å². The number of rotatable bonds is 5. The third-order valence-electron chi connectivity index (χ3n) is 5.41. The van der Waals surface area contributed by atoms with Crippen molar-refractivity contribution in [2.75, 3.05) is 5.32 Å². The molecule has 2 aromatic carbocycles. The lowest BCUT2D eigenvalue weighted by Crippen LogP contribution is -2.20. The van der Waals surface area contributed by atoms with E-state index in [0.717, 1.165) is 5.56 Å². The Balaban J connectivity index is 1.77. The maximum absolute atomic E-state index is 13.3. The van der Waals surface area contributed by atoms with Gasteiger partial charge >= 0.3 is 0 Å². The smallest absolute Gasteiger partial charge is 0.269 e. The Bertz CT molecular complexity index is 1580. The van der Waals surface area contributed by atoms with E-state index >= 15 is 0 Å². The molecule has 0 fully saturated rings. The first-order chi connectivity index (χ1) is 17.2. The maximum Gasteiger partial charge on any atom is 0.269 e. The molecule has 4 aromatic rings. The zero-order valence-electron chi connectivity index (χ0n) is 19.9. The van der Waals surface area contributed by atoms with E-state index in [1.807, 2.05) is 18.2 Å². The van der Waals surface area contributed by atoms with Crippen LogP contribution in [0.2, 0.25) is 5.02 Å². The van der Waals surface area contributed by atoms with Gasteiger partial charge in [-0.1, -0.05) is 56.6 Å². The minimum Gasteiger partial charge on any atom is -0.438 e. The number of hydrogen-bond acceptors (Lipinski definition) is 5. The number of nitriles is 1. The van der Waals surface area contributed by atoms with Gasteiger partial charge in [0.2, 0.25) is 5.88 Å². The molecule has 2 heterocycles. The van der Waals surface area contributed by atoms with E-state index in [2.05, 4.69) is 31.1 Å². The van der Waals surface area contributed by atoms with E-state index in [0.29, 0.717) is 22.1 Å². The van der Waals surface area contributed by atoms with Crippen LogP contribution in [0.25, 0.3) is 11.7 Å². The molecule has 0 aliphatic rings. The summed E-state index contributed by atoms with van der Waals surface area (Å²) in [6, 6.07) is 21.0. The Morgan fingerprint density at radius 2 is 1.86 bits per heavy atom. The molecule has 180 valence electrons. The molecule has 7 nitrogen and oxygen atoms in total. The molecule has 0 radical (unpaired) electrons. The maximum atomic E-state index is 13.3. The van der Waals surface area contributed by atoms with Crippen molar-refractivity contribution in [2.45, 2.75) is 26.2 Å². The Labute approximate surface area is 213 Å². The number of carbonyl (C=O) groups excluding carboxylic acids is 1. The van der Waals surface area contributed by atoms with Gasteiger partial charge in [-0.25, -0.2) is 0 Å². The number of hydrogen-bond donors (Lipinski definition) is 1. The van der Waals surface area contributed by atoms with Crippen molar-refractivity contribution < 1.29 is 9.53 Å². The van der Waals surface area contributed by atoms with E-state index in [1.54, 1.807) is 60.8 Å². The van der Waals surface area contributed by atoms with E-state index in [-0.39, 0.29) is 22.4 Å². The number of amides is 1. The number of carbonyl (C=O) groups is 1. The summed E-state index contributed by atoms with van der Waals surface area (Å²) in [5, 5.41) is 12.8. The topological polar surface area (TPSA) is 96.5 Å². The molecule has 36 heavy (non-hydrogen) atoms. The van der Waals surface area contributed by atoms with Gasteiger partial charge < -0.3 is 10.1 Å². The molecular formula is C28H23ClN4O3. The molecule has 0 aliphatic heterocycles. The van der Waals surface area contributed by atoms with Crippen LogP contribution in [-0.2, 0) is 10.2 Å². The van der Waals surface area contributed by atoms with Crippen molar-refractivity contribution in [3.05, 3.63) is 105 Å². The summed E-state index contributed by atoms with van der Waals surface area (Å²) in [6.45, 7) is 6.32. The second-order valence-electron chi connectivity index (χ2n) is 9.08. The van der Waals surface area contributed by atoms with Gasteiger partial charge in [-0.05, 0) is 59.5 Å². The summed E-state index contributed by atoms with van der Waals surface area (Å²) in [7, 11) is 0. The second kappa shape index (κ2) is 10.1. The van der Waals surface area contributed by atoms with Crippen LogP contribution < -0.4 is 15.6 Å². The molecule has 0 unspecified atom stereocenters. The molecule has 0 spiro atoms. The zero-order valence-corrected chi connectivity index (χ0v) is 20.7. The summed E-state index contributed by atoms with van der Waals surface area (Å²) >= 11 is 5.98. The van der Waals surface area contributed by atoms with Crippen molar-refractivity contribution in [3.63, 3.8) is 0 Å². The highest BCUT2D eigenvalue weighted by Crippen LogP contribution is 2.28. The molecule has 8 heteroatoms. The number of benzene rings is 2. The fourth-order valence-electron chi connectivity index (χ4n) is 3.48. The number of aromatic nitrogens is 2. The highest BCUT2D eigenvalue weighted by molar-refractivity contribution is 6.31. The first-order valence-corrected chi connectivity index (χ1v) is 11.5. The average molecular weight is 499 g/mol. The van der Waals surface area contributed by atoms with Crippen molar-refractivity contribution in [1.82, 2.24) is 9.38 Å². The molecular weight excluding hydrogens is 476 g/mol. The van der Waals surface area contributed by atoms with Crippen molar-refractivity contribution in [2.24, 2.45) is 0 Å². The molecule has 0 aliphatic carbocycles. The lowest BCUT2D eigenvalue weighted by atomic mass is 9.87. The predicted octanol–water partition coefficient (Wildman–Crippen LogP) is 5.98. The monoisotopic (exact) mass is 498 g/mol. The first-order valence-electron chi connectivity index (χ1n) is 11.1. The highest BCUT2D eigenvalue weighted by Gasteiger charge is 2.18. The summed E-state index contributed by atoms with van der Waals surface area (Å²) < 4.78 is 7.32. The SMILES string of the molecule is CC(C)(C)c1ccc(Oc2nc3ccccn3c(=O)c2C=C(C#N)C(=O)Nc2cccc(Cl)c2)cc1. The van der Waals surface area contributed by atoms with Crippen molar-refractivity contribution in [1.29, 1.82) is 5.26 Å². The number of halogens is 1. The zero-order chi connectivity index (χ0) is 25.9. The summed E-state index contributed by atoms with van der Waals surface area (Å²) in [5.41, 5.74) is 1.05. The van der Waals surface area contributed by atoms with E-state index in [1.165, 1.54) is 10.5 Å². The van der Waals surface area contributed by atoms with Crippen LogP contribution >= 0.6 is 11.6 Å². The Morgan fingerprint density at radius 1 is 1.11 bits per heavy atom.